The molecule has 67 heavy (non-hydrogen) atoms. The highest BCUT2D eigenvalue weighted by Crippen LogP contribution is 2.12. The molecule has 0 spiro atoms. The molecule has 0 radical (unpaired) electrons. The summed E-state index contributed by atoms with van der Waals surface area (Å²) in [6.07, 6.45) is 15.2. The van der Waals surface area contributed by atoms with Crippen molar-refractivity contribution in [1.82, 2.24) is 0 Å². The van der Waals surface area contributed by atoms with Gasteiger partial charge in [0.05, 0.1) is 205 Å². The lowest BCUT2D eigenvalue weighted by Gasteiger charge is -2.09. The third-order valence-electron chi connectivity index (χ3n) is 9.45. The van der Waals surface area contributed by atoms with Crippen LogP contribution in [0.3, 0.4) is 0 Å². The Hall–Kier alpha value is -1.21. The molecular formula is C48H96O19. The van der Waals surface area contributed by atoms with Crippen LogP contribution < -0.4 is 0 Å². The molecular weight excluding hydrogens is 881 g/mol. The van der Waals surface area contributed by atoms with Gasteiger partial charge < -0.3 is 86.0 Å². The zero-order valence-electron chi connectivity index (χ0n) is 41.7. The van der Waals surface area contributed by atoms with Crippen LogP contribution in [0.25, 0.3) is 0 Å². The van der Waals surface area contributed by atoms with E-state index in [9.17, 15) is 4.79 Å². The van der Waals surface area contributed by atoms with Crippen molar-refractivity contribution in [2.75, 3.05) is 211 Å². The van der Waals surface area contributed by atoms with Crippen LogP contribution in [0.2, 0.25) is 0 Å². The normalized spacial score (nSPS) is 12.1. The Bertz CT molecular complexity index is 912. The first-order valence-corrected chi connectivity index (χ1v) is 25.3. The van der Waals surface area contributed by atoms with E-state index in [2.05, 4.69) is 6.92 Å². The molecule has 0 fully saturated rings. The maximum absolute atomic E-state index is 11.4. The van der Waals surface area contributed by atoms with Gasteiger partial charge in [-0.2, -0.15) is 0 Å². The van der Waals surface area contributed by atoms with Gasteiger partial charge in [-0.15, -0.1) is 0 Å². The van der Waals surface area contributed by atoms with E-state index in [4.69, 9.17) is 86.0 Å². The monoisotopic (exact) mass is 977 g/mol. The second-order valence-electron chi connectivity index (χ2n) is 15.3. The number of hydrogen-bond donors (Lipinski definition) is 2. The quantitative estimate of drug-likeness (QED) is 0.0647. The van der Waals surface area contributed by atoms with E-state index in [-0.39, 0.29) is 19.6 Å². The molecule has 0 aromatic heterocycles. The van der Waals surface area contributed by atoms with Gasteiger partial charge in [0.15, 0.2) is 0 Å². The van der Waals surface area contributed by atoms with Crippen molar-refractivity contribution in [1.29, 1.82) is 0 Å². The molecule has 19 heteroatoms. The molecule has 2 N–H and O–H groups in total. The lowest BCUT2D eigenvalue weighted by molar-refractivity contribution is -0.148. The van der Waals surface area contributed by atoms with Gasteiger partial charge in [-0.25, -0.2) is 0 Å². The Labute approximate surface area is 403 Å². The van der Waals surface area contributed by atoms with Crippen LogP contribution in [0.5, 0.6) is 0 Å². The zero-order valence-corrected chi connectivity index (χ0v) is 41.7. The topological polar surface area (TPSA) is 205 Å². The average Bonchev–Trinajstić information content (AvgIpc) is 3.34. The maximum atomic E-state index is 11.4. The number of rotatable bonds is 61. The molecule has 1 unspecified atom stereocenters. The molecule has 0 aliphatic heterocycles. The molecule has 0 aromatic rings. The Kier molecular flexibility index (Phi) is 59.8. The highest BCUT2D eigenvalue weighted by molar-refractivity contribution is 5.69. The molecule has 0 saturated heterocycles. The van der Waals surface area contributed by atoms with E-state index in [0.29, 0.717) is 185 Å². The third-order valence-corrected chi connectivity index (χ3v) is 9.45. The summed E-state index contributed by atoms with van der Waals surface area (Å²) in [7, 11) is 0. The van der Waals surface area contributed by atoms with Crippen LogP contribution in [0.15, 0.2) is 0 Å². The minimum atomic E-state index is -1.06. The minimum absolute atomic E-state index is 0.0635. The first-order chi connectivity index (χ1) is 33.2. The summed E-state index contributed by atoms with van der Waals surface area (Å²) < 4.78 is 87.2. The molecule has 0 heterocycles. The highest BCUT2D eigenvalue weighted by Gasteiger charge is 2.08. The minimum Gasteiger partial charge on any atom is -0.463 e. The molecule has 0 bridgehead atoms. The summed E-state index contributed by atoms with van der Waals surface area (Å²) in [6, 6.07) is 0. The van der Waals surface area contributed by atoms with Gasteiger partial charge in [0, 0.05) is 6.61 Å². The van der Waals surface area contributed by atoms with Gasteiger partial charge in [-0.3, -0.25) is 4.79 Å². The number of carbonyl (C=O) groups excluding carboxylic acids is 1. The van der Waals surface area contributed by atoms with Gasteiger partial charge in [0.2, 0.25) is 0 Å². The SMILES string of the molecule is CCCCCCCCCCCCCCOCCOCCOCCOCCOCCOCCOCCOCCOCCOCCOCCOCCOCCOCCOCCC(=O)OCC(O)CO. The third kappa shape index (κ3) is 60.9. The van der Waals surface area contributed by atoms with E-state index in [1.54, 1.807) is 0 Å². The molecule has 1 atom stereocenters. The summed E-state index contributed by atoms with van der Waals surface area (Å²) in [5.74, 6) is -0.498. The standard InChI is InChI=1S/C48H96O19/c1-2-3-4-5-6-7-8-9-10-11-12-13-15-52-17-19-54-21-23-56-25-27-58-29-31-60-33-35-62-37-39-64-41-43-66-44-42-65-40-38-63-36-34-61-32-30-59-28-26-57-24-22-55-20-18-53-16-14-48(51)67-46-47(50)45-49/h47,49-50H,2-46H2,1H3. The predicted octanol–water partition coefficient (Wildman–Crippen LogP) is 4.22. The summed E-state index contributed by atoms with van der Waals surface area (Å²) in [6.45, 7) is 16.3. The number of aliphatic hydroxyl groups is 2. The van der Waals surface area contributed by atoms with E-state index < -0.39 is 18.7 Å². The van der Waals surface area contributed by atoms with Crippen molar-refractivity contribution in [2.45, 2.75) is 96.5 Å². The summed E-state index contributed by atoms with van der Waals surface area (Å²) in [4.78, 5) is 11.4. The van der Waals surface area contributed by atoms with Crippen molar-refractivity contribution < 1.29 is 90.8 Å². The molecule has 0 aliphatic rings. The first kappa shape index (κ1) is 65.8. The van der Waals surface area contributed by atoms with Crippen molar-refractivity contribution in [3.8, 4) is 0 Å². The van der Waals surface area contributed by atoms with Gasteiger partial charge in [-0.05, 0) is 6.42 Å². The molecule has 402 valence electrons. The van der Waals surface area contributed by atoms with E-state index >= 15 is 0 Å². The maximum Gasteiger partial charge on any atom is 0.308 e. The Morgan fingerprint density at radius 2 is 0.522 bits per heavy atom. The Morgan fingerprint density at radius 3 is 0.761 bits per heavy atom. The number of esters is 1. The number of carbonyl (C=O) groups is 1. The van der Waals surface area contributed by atoms with Gasteiger partial charge >= 0.3 is 5.97 Å². The molecule has 19 nitrogen and oxygen atoms in total. The van der Waals surface area contributed by atoms with Crippen LogP contribution in [0, 0.1) is 0 Å². The average molecular weight is 977 g/mol. The van der Waals surface area contributed by atoms with Gasteiger partial charge in [-0.1, -0.05) is 77.6 Å². The zero-order chi connectivity index (χ0) is 48.3. The van der Waals surface area contributed by atoms with E-state index in [0.717, 1.165) is 13.0 Å². The fourth-order valence-corrected chi connectivity index (χ4v) is 5.70. The molecule has 0 aliphatic carbocycles. The van der Waals surface area contributed by atoms with Crippen LogP contribution >= 0.6 is 0 Å². The Morgan fingerprint density at radius 1 is 0.313 bits per heavy atom. The summed E-state index contributed by atoms with van der Waals surface area (Å²) >= 11 is 0. The lowest BCUT2D eigenvalue weighted by atomic mass is 10.1. The van der Waals surface area contributed by atoms with Gasteiger partial charge in [0.1, 0.15) is 12.7 Å². The van der Waals surface area contributed by atoms with Crippen molar-refractivity contribution in [2.24, 2.45) is 0 Å². The molecule has 0 saturated carbocycles. The summed E-state index contributed by atoms with van der Waals surface area (Å²) in [5.41, 5.74) is 0. The van der Waals surface area contributed by atoms with E-state index in [1.165, 1.54) is 70.6 Å². The van der Waals surface area contributed by atoms with Crippen LogP contribution in [0.1, 0.15) is 90.4 Å². The number of ether oxygens (including phenoxy) is 16. The fourth-order valence-electron chi connectivity index (χ4n) is 5.70. The number of hydrogen-bond acceptors (Lipinski definition) is 19. The second-order valence-corrected chi connectivity index (χ2v) is 15.3. The fraction of sp³-hybridized carbons (Fsp3) is 0.979. The van der Waals surface area contributed by atoms with Crippen LogP contribution in [0.4, 0.5) is 0 Å². The first-order valence-electron chi connectivity index (χ1n) is 25.3. The predicted molar refractivity (Wildman–Crippen MR) is 252 cm³/mol. The second kappa shape index (κ2) is 60.9. The Balaban J connectivity index is 3.09. The number of unbranched alkanes of at least 4 members (excludes halogenated alkanes) is 11. The van der Waals surface area contributed by atoms with Gasteiger partial charge in [0.25, 0.3) is 0 Å². The smallest absolute Gasteiger partial charge is 0.308 e. The van der Waals surface area contributed by atoms with Crippen LogP contribution in [-0.2, 0) is 80.6 Å². The number of aliphatic hydroxyl groups excluding tert-OH is 2. The summed E-state index contributed by atoms with van der Waals surface area (Å²) in [5, 5.41) is 17.8. The van der Waals surface area contributed by atoms with Crippen LogP contribution in [-0.4, -0.2) is 234 Å². The van der Waals surface area contributed by atoms with Crippen molar-refractivity contribution in [3.05, 3.63) is 0 Å². The lowest BCUT2D eigenvalue weighted by Crippen LogP contribution is -2.22. The highest BCUT2D eigenvalue weighted by atomic mass is 16.6. The largest absolute Gasteiger partial charge is 0.463 e. The van der Waals surface area contributed by atoms with E-state index in [1.807, 2.05) is 0 Å². The molecule has 0 aromatic carbocycles. The molecule has 0 amide bonds. The molecule has 0 rings (SSSR count). The van der Waals surface area contributed by atoms with Crippen molar-refractivity contribution in [3.63, 3.8) is 0 Å². The van der Waals surface area contributed by atoms with Crippen molar-refractivity contribution >= 4 is 5.97 Å².